The molecule has 0 aromatic carbocycles. The van der Waals surface area contributed by atoms with E-state index in [1.807, 2.05) is 6.92 Å². The molecule has 0 aromatic rings. The molecule has 3 aliphatic heterocycles. The second-order valence-electron chi connectivity index (χ2n) is 5.71. The number of amides is 1. The van der Waals surface area contributed by atoms with Gasteiger partial charge in [-0.2, -0.15) is 0 Å². The molecule has 0 spiro atoms. The van der Waals surface area contributed by atoms with Gasteiger partial charge in [0.1, 0.15) is 6.10 Å². The SMILES string of the molecule is CC1CCC(C(=O)N2C3CCC2CC(Cl)C3)O1. The zero-order chi connectivity index (χ0) is 12.0. The first-order valence-corrected chi connectivity index (χ1v) is 7.20. The summed E-state index contributed by atoms with van der Waals surface area (Å²) in [5.74, 6) is 0.227. The van der Waals surface area contributed by atoms with Crippen LogP contribution in [0.4, 0.5) is 0 Å². The zero-order valence-corrected chi connectivity index (χ0v) is 11.0. The van der Waals surface area contributed by atoms with Gasteiger partial charge < -0.3 is 9.64 Å². The molecule has 0 aliphatic carbocycles. The lowest BCUT2D eigenvalue weighted by Gasteiger charge is -2.38. The van der Waals surface area contributed by atoms with Gasteiger partial charge in [0.2, 0.25) is 0 Å². The minimum Gasteiger partial charge on any atom is -0.365 e. The van der Waals surface area contributed by atoms with Gasteiger partial charge in [-0.3, -0.25) is 4.79 Å². The van der Waals surface area contributed by atoms with E-state index in [1.165, 1.54) is 0 Å². The highest BCUT2D eigenvalue weighted by atomic mass is 35.5. The van der Waals surface area contributed by atoms with Crippen molar-refractivity contribution < 1.29 is 9.53 Å². The summed E-state index contributed by atoms with van der Waals surface area (Å²) in [6.07, 6.45) is 6.15. The van der Waals surface area contributed by atoms with Crippen LogP contribution in [0.15, 0.2) is 0 Å². The van der Waals surface area contributed by atoms with Gasteiger partial charge >= 0.3 is 0 Å². The Morgan fingerprint density at radius 1 is 1.18 bits per heavy atom. The second-order valence-corrected chi connectivity index (χ2v) is 6.33. The van der Waals surface area contributed by atoms with Gasteiger partial charge in [-0.05, 0) is 45.4 Å². The van der Waals surface area contributed by atoms with Crippen LogP contribution in [-0.2, 0) is 9.53 Å². The molecule has 3 saturated heterocycles. The van der Waals surface area contributed by atoms with Crippen LogP contribution in [0.1, 0.15) is 45.4 Å². The molecule has 3 nitrogen and oxygen atoms in total. The van der Waals surface area contributed by atoms with Gasteiger partial charge in [0.15, 0.2) is 0 Å². The van der Waals surface area contributed by atoms with E-state index in [2.05, 4.69) is 4.90 Å². The number of nitrogens with zero attached hydrogens (tertiary/aromatic N) is 1. The van der Waals surface area contributed by atoms with E-state index in [9.17, 15) is 4.79 Å². The van der Waals surface area contributed by atoms with Crippen LogP contribution in [0.3, 0.4) is 0 Å². The van der Waals surface area contributed by atoms with Crippen LogP contribution >= 0.6 is 11.6 Å². The van der Waals surface area contributed by atoms with Crippen LogP contribution in [0.5, 0.6) is 0 Å². The maximum atomic E-state index is 12.5. The Kier molecular flexibility index (Phi) is 3.07. The lowest BCUT2D eigenvalue weighted by Crippen LogP contribution is -2.50. The molecular weight excluding hydrogens is 238 g/mol. The summed E-state index contributed by atoms with van der Waals surface area (Å²) in [5, 5.41) is 0.264. The Balaban J connectivity index is 1.70. The number of piperidine rings is 1. The Morgan fingerprint density at radius 3 is 2.35 bits per heavy atom. The average molecular weight is 258 g/mol. The third-order valence-electron chi connectivity index (χ3n) is 4.44. The molecule has 4 atom stereocenters. The Labute approximate surface area is 107 Å². The Hall–Kier alpha value is -0.280. The van der Waals surface area contributed by atoms with Gasteiger partial charge in [-0.25, -0.2) is 0 Å². The maximum absolute atomic E-state index is 12.5. The normalized spacial score (nSPS) is 45.3. The molecule has 1 amide bonds. The number of alkyl halides is 1. The Morgan fingerprint density at radius 2 is 1.82 bits per heavy atom. The number of fused-ring (bicyclic) bond motifs is 2. The number of halogens is 1. The number of carbonyl (C=O) groups excluding carboxylic acids is 1. The largest absolute Gasteiger partial charge is 0.365 e. The van der Waals surface area contributed by atoms with Crippen LogP contribution in [0.2, 0.25) is 0 Å². The summed E-state index contributed by atoms with van der Waals surface area (Å²) in [4.78, 5) is 14.6. The molecule has 4 unspecified atom stereocenters. The fraction of sp³-hybridized carbons (Fsp3) is 0.923. The lowest BCUT2D eigenvalue weighted by atomic mass is 10.0. The fourth-order valence-corrected chi connectivity index (χ4v) is 4.03. The quantitative estimate of drug-likeness (QED) is 0.675. The molecule has 3 rings (SSSR count). The van der Waals surface area contributed by atoms with Crippen molar-refractivity contribution in [2.75, 3.05) is 0 Å². The van der Waals surface area contributed by atoms with Crippen LogP contribution in [0.25, 0.3) is 0 Å². The Bertz CT molecular complexity index is 309. The molecule has 0 saturated carbocycles. The molecule has 0 aromatic heterocycles. The smallest absolute Gasteiger partial charge is 0.252 e. The van der Waals surface area contributed by atoms with E-state index in [-0.39, 0.29) is 23.5 Å². The lowest BCUT2D eigenvalue weighted by molar-refractivity contribution is -0.147. The summed E-state index contributed by atoms with van der Waals surface area (Å²) in [6.45, 7) is 2.05. The van der Waals surface area contributed by atoms with E-state index in [0.717, 1.165) is 38.5 Å². The predicted octanol–water partition coefficient (Wildman–Crippen LogP) is 2.31. The molecule has 3 aliphatic rings. The van der Waals surface area contributed by atoms with Crippen molar-refractivity contribution in [2.45, 2.75) is 75.1 Å². The predicted molar refractivity (Wildman–Crippen MR) is 66.1 cm³/mol. The zero-order valence-electron chi connectivity index (χ0n) is 10.3. The molecule has 0 N–H and O–H groups in total. The van der Waals surface area contributed by atoms with Crippen LogP contribution < -0.4 is 0 Å². The summed E-state index contributed by atoms with van der Waals surface area (Å²) in [5.41, 5.74) is 0. The van der Waals surface area contributed by atoms with Crippen molar-refractivity contribution >= 4 is 17.5 Å². The summed E-state index contributed by atoms with van der Waals surface area (Å²) in [6, 6.07) is 0.756. The van der Waals surface area contributed by atoms with Crippen molar-refractivity contribution in [1.29, 1.82) is 0 Å². The first-order chi connectivity index (χ1) is 8.15. The third-order valence-corrected chi connectivity index (χ3v) is 4.79. The first kappa shape index (κ1) is 11.8. The average Bonchev–Trinajstić information content (AvgIpc) is 2.81. The first-order valence-electron chi connectivity index (χ1n) is 6.77. The summed E-state index contributed by atoms with van der Waals surface area (Å²) in [7, 11) is 0. The van der Waals surface area contributed by atoms with Gasteiger partial charge in [-0.1, -0.05) is 0 Å². The van der Waals surface area contributed by atoms with Gasteiger partial charge in [0.05, 0.1) is 6.10 Å². The molecule has 3 heterocycles. The number of hydrogen-bond acceptors (Lipinski definition) is 2. The number of carbonyl (C=O) groups is 1. The number of ether oxygens (including phenoxy) is 1. The molecule has 4 heteroatoms. The summed E-state index contributed by atoms with van der Waals surface area (Å²) < 4.78 is 5.70. The molecule has 2 bridgehead atoms. The summed E-state index contributed by atoms with van der Waals surface area (Å²) >= 11 is 6.23. The number of hydrogen-bond donors (Lipinski definition) is 0. The molecular formula is C13H20ClNO2. The highest BCUT2D eigenvalue weighted by Gasteiger charge is 2.45. The van der Waals surface area contributed by atoms with Crippen molar-refractivity contribution in [3.63, 3.8) is 0 Å². The fourth-order valence-electron chi connectivity index (χ4n) is 3.62. The standard InChI is InChI=1S/C13H20ClNO2/c1-8-2-5-12(17-8)13(16)15-10-3-4-11(15)7-9(14)6-10/h8-12H,2-7H2,1H3. The molecule has 3 fully saturated rings. The third kappa shape index (κ3) is 2.08. The highest BCUT2D eigenvalue weighted by molar-refractivity contribution is 6.20. The number of rotatable bonds is 1. The van der Waals surface area contributed by atoms with Gasteiger partial charge in [0, 0.05) is 17.5 Å². The van der Waals surface area contributed by atoms with Gasteiger partial charge in [-0.15, -0.1) is 11.6 Å². The van der Waals surface area contributed by atoms with Gasteiger partial charge in [0.25, 0.3) is 5.91 Å². The second kappa shape index (κ2) is 4.43. The van der Waals surface area contributed by atoms with Crippen molar-refractivity contribution in [1.82, 2.24) is 4.90 Å². The van der Waals surface area contributed by atoms with Crippen LogP contribution in [-0.4, -0.2) is 40.5 Å². The van der Waals surface area contributed by atoms with Crippen molar-refractivity contribution in [3.8, 4) is 0 Å². The van der Waals surface area contributed by atoms with E-state index in [0.29, 0.717) is 12.1 Å². The molecule has 96 valence electrons. The molecule has 17 heavy (non-hydrogen) atoms. The van der Waals surface area contributed by atoms with E-state index < -0.39 is 0 Å². The molecule has 0 radical (unpaired) electrons. The van der Waals surface area contributed by atoms with E-state index in [4.69, 9.17) is 16.3 Å². The topological polar surface area (TPSA) is 29.5 Å². The highest BCUT2D eigenvalue weighted by Crippen LogP contribution is 2.39. The monoisotopic (exact) mass is 257 g/mol. The van der Waals surface area contributed by atoms with E-state index in [1.54, 1.807) is 0 Å². The van der Waals surface area contributed by atoms with E-state index >= 15 is 0 Å². The van der Waals surface area contributed by atoms with Crippen LogP contribution in [0, 0.1) is 0 Å². The maximum Gasteiger partial charge on any atom is 0.252 e. The van der Waals surface area contributed by atoms with Crippen molar-refractivity contribution in [3.05, 3.63) is 0 Å². The minimum atomic E-state index is -0.181. The van der Waals surface area contributed by atoms with Crippen molar-refractivity contribution in [2.24, 2.45) is 0 Å². The minimum absolute atomic E-state index is 0.181.